The van der Waals surface area contributed by atoms with E-state index in [1.807, 2.05) is 6.92 Å². The first-order valence-electron chi connectivity index (χ1n) is 10.6. The number of fused-ring (bicyclic) bond motifs is 1. The van der Waals surface area contributed by atoms with Crippen molar-refractivity contribution in [1.29, 1.82) is 0 Å². The standard InChI is InChI=1S/C22H18ClFN6O4S3/c1-2-34-17-7-15-12(20(26-10-25-15)27-11-3-4-14(24)13(23)5-11)6-16(17)28-18(31)8-30-22(35)37-21(29-30)36-9-19(32)33/h3-7,10H,2,8-9H2,1H3,(H,28,31)(H,32,33)(H,25,26,27). The van der Waals surface area contributed by atoms with Crippen LogP contribution < -0.4 is 15.4 Å². The number of aliphatic carboxylic acids is 1. The number of hydrogen-bond acceptors (Lipinski definition) is 10. The van der Waals surface area contributed by atoms with Crippen LogP contribution in [0.5, 0.6) is 5.75 Å². The van der Waals surface area contributed by atoms with Crippen molar-refractivity contribution in [3.63, 3.8) is 0 Å². The van der Waals surface area contributed by atoms with E-state index in [2.05, 4.69) is 25.7 Å². The van der Waals surface area contributed by atoms with Gasteiger partial charge in [-0.25, -0.2) is 19.0 Å². The number of halogens is 2. The smallest absolute Gasteiger partial charge is 0.313 e. The second-order valence-corrected chi connectivity index (χ2v) is 10.5. The first kappa shape index (κ1) is 26.7. The molecule has 0 bridgehead atoms. The number of rotatable bonds is 10. The van der Waals surface area contributed by atoms with Gasteiger partial charge < -0.3 is 20.5 Å². The summed E-state index contributed by atoms with van der Waals surface area (Å²) >= 11 is 13.3. The summed E-state index contributed by atoms with van der Waals surface area (Å²) in [6, 6.07) is 7.53. The molecule has 0 saturated heterocycles. The molecule has 0 radical (unpaired) electrons. The molecule has 0 unspecified atom stereocenters. The number of carbonyl (C=O) groups is 2. The highest BCUT2D eigenvalue weighted by Crippen LogP contribution is 2.34. The van der Waals surface area contributed by atoms with E-state index < -0.39 is 17.7 Å². The highest BCUT2D eigenvalue weighted by molar-refractivity contribution is 8.01. The van der Waals surface area contributed by atoms with Crippen molar-refractivity contribution in [2.75, 3.05) is 23.0 Å². The zero-order valence-corrected chi connectivity index (χ0v) is 22.2. The number of carbonyl (C=O) groups excluding carboxylic acids is 1. The number of aromatic nitrogens is 4. The molecule has 37 heavy (non-hydrogen) atoms. The van der Waals surface area contributed by atoms with E-state index >= 15 is 0 Å². The van der Waals surface area contributed by atoms with Crippen LogP contribution >= 0.6 is 46.9 Å². The lowest BCUT2D eigenvalue weighted by atomic mass is 10.1. The Kier molecular flexibility index (Phi) is 8.53. The summed E-state index contributed by atoms with van der Waals surface area (Å²) in [5, 5.41) is 19.5. The summed E-state index contributed by atoms with van der Waals surface area (Å²) in [6.07, 6.45) is 1.37. The molecular weight excluding hydrogens is 563 g/mol. The maximum Gasteiger partial charge on any atom is 0.313 e. The fraction of sp³-hybridized carbons (Fsp3) is 0.182. The van der Waals surface area contributed by atoms with Crippen LogP contribution in [0.1, 0.15) is 6.92 Å². The Hall–Kier alpha value is -3.33. The molecule has 15 heteroatoms. The highest BCUT2D eigenvalue weighted by Gasteiger charge is 2.16. The van der Waals surface area contributed by atoms with Crippen molar-refractivity contribution in [2.45, 2.75) is 17.8 Å². The minimum Gasteiger partial charge on any atom is -0.492 e. The van der Waals surface area contributed by atoms with Gasteiger partial charge in [0.25, 0.3) is 0 Å². The fourth-order valence-electron chi connectivity index (χ4n) is 3.16. The lowest BCUT2D eigenvalue weighted by molar-refractivity contribution is -0.133. The molecule has 2 aromatic heterocycles. The van der Waals surface area contributed by atoms with Gasteiger partial charge in [0.05, 0.1) is 28.6 Å². The maximum absolute atomic E-state index is 13.6. The molecule has 2 aromatic carbocycles. The average molecular weight is 581 g/mol. The number of amides is 1. The van der Waals surface area contributed by atoms with Crippen molar-refractivity contribution in [1.82, 2.24) is 19.7 Å². The van der Waals surface area contributed by atoms with Crippen LogP contribution in [-0.4, -0.2) is 49.1 Å². The molecule has 3 N–H and O–H groups in total. The minimum absolute atomic E-state index is 0.0416. The predicted octanol–water partition coefficient (Wildman–Crippen LogP) is 5.37. The highest BCUT2D eigenvalue weighted by atomic mass is 35.5. The van der Waals surface area contributed by atoms with E-state index in [-0.39, 0.29) is 17.3 Å². The lowest BCUT2D eigenvalue weighted by Gasteiger charge is -2.15. The van der Waals surface area contributed by atoms with Gasteiger partial charge in [0, 0.05) is 17.1 Å². The quantitative estimate of drug-likeness (QED) is 0.166. The third-order valence-corrected chi connectivity index (χ3v) is 7.41. The zero-order valence-electron chi connectivity index (χ0n) is 19.0. The Balaban J connectivity index is 1.60. The van der Waals surface area contributed by atoms with Gasteiger partial charge in [0.2, 0.25) is 5.91 Å². The summed E-state index contributed by atoms with van der Waals surface area (Å²) < 4.78 is 21.4. The zero-order chi connectivity index (χ0) is 26.5. The summed E-state index contributed by atoms with van der Waals surface area (Å²) in [7, 11) is 0. The predicted molar refractivity (Wildman–Crippen MR) is 143 cm³/mol. The number of carboxylic acid groups (broad SMARTS) is 1. The van der Waals surface area contributed by atoms with E-state index in [4.69, 9.17) is 33.7 Å². The van der Waals surface area contributed by atoms with Crippen molar-refractivity contribution in [2.24, 2.45) is 0 Å². The largest absolute Gasteiger partial charge is 0.492 e. The Morgan fingerprint density at radius 1 is 1.30 bits per heavy atom. The van der Waals surface area contributed by atoms with E-state index in [1.165, 1.54) is 29.2 Å². The van der Waals surface area contributed by atoms with Gasteiger partial charge in [-0.2, -0.15) is 5.10 Å². The maximum atomic E-state index is 13.6. The summed E-state index contributed by atoms with van der Waals surface area (Å²) in [4.78, 5) is 32.2. The topological polar surface area (TPSA) is 131 Å². The molecule has 10 nitrogen and oxygen atoms in total. The molecule has 192 valence electrons. The van der Waals surface area contributed by atoms with Gasteiger partial charge in [0.1, 0.15) is 30.3 Å². The Bertz CT molecular complexity index is 1550. The van der Waals surface area contributed by atoms with E-state index in [9.17, 15) is 14.0 Å². The van der Waals surface area contributed by atoms with Gasteiger partial charge in [0.15, 0.2) is 8.29 Å². The van der Waals surface area contributed by atoms with Crippen LogP contribution in [0, 0.1) is 9.77 Å². The molecule has 2 heterocycles. The number of hydrogen-bond donors (Lipinski definition) is 3. The summed E-state index contributed by atoms with van der Waals surface area (Å²) in [5.74, 6) is -1.29. The lowest BCUT2D eigenvalue weighted by Crippen LogP contribution is -2.20. The third-order valence-electron chi connectivity index (χ3n) is 4.69. The number of ether oxygens (including phenoxy) is 1. The van der Waals surface area contributed by atoms with Crippen LogP contribution in [0.15, 0.2) is 41.0 Å². The monoisotopic (exact) mass is 580 g/mol. The van der Waals surface area contributed by atoms with Crippen molar-refractivity contribution < 1.29 is 23.8 Å². The average Bonchev–Trinajstić information content (AvgIpc) is 3.19. The summed E-state index contributed by atoms with van der Waals surface area (Å²) in [6.45, 7) is 1.98. The van der Waals surface area contributed by atoms with E-state index in [0.29, 0.717) is 48.7 Å². The normalized spacial score (nSPS) is 10.9. The number of anilines is 3. The minimum atomic E-state index is -0.976. The molecule has 1 amide bonds. The SMILES string of the molecule is CCOc1cc2ncnc(Nc3ccc(F)c(Cl)c3)c2cc1NC(=O)Cn1nc(SCC(=O)O)sc1=S. The number of nitrogens with one attached hydrogen (secondary N) is 2. The number of benzene rings is 2. The molecule has 0 saturated carbocycles. The van der Waals surface area contributed by atoms with Crippen LogP contribution in [-0.2, 0) is 16.1 Å². The molecule has 4 aromatic rings. The van der Waals surface area contributed by atoms with Gasteiger partial charge in [-0.15, -0.1) is 0 Å². The van der Waals surface area contributed by atoms with Crippen molar-refractivity contribution >= 4 is 86.9 Å². The molecule has 0 aliphatic rings. The number of carboxylic acids is 1. The first-order valence-corrected chi connectivity index (χ1v) is 13.2. The Morgan fingerprint density at radius 3 is 2.84 bits per heavy atom. The van der Waals surface area contributed by atoms with Crippen LogP contribution in [0.2, 0.25) is 5.02 Å². The second kappa shape index (κ2) is 11.8. The van der Waals surface area contributed by atoms with Gasteiger partial charge in [-0.1, -0.05) is 34.7 Å². The number of thioether (sulfide) groups is 1. The first-order chi connectivity index (χ1) is 17.7. The van der Waals surface area contributed by atoms with Crippen LogP contribution in [0.3, 0.4) is 0 Å². The Morgan fingerprint density at radius 2 is 2.11 bits per heavy atom. The molecule has 0 spiro atoms. The van der Waals surface area contributed by atoms with Gasteiger partial charge >= 0.3 is 5.97 Å². The van der Waals surface area contributed by atoms with E-state index in [1.54, 1.807) is 12.1 Å². The van der Waals surface area contributed by atoms with Gasteiger partial charge in [-0.3, -0.25) is 9.59 Å². The molecule has 0 fully saturated rings. The van der Waals surface area contributed by atoms with Crippen LogP contribution in [0.4, 0.5) is 21.6 Å². The molecule has 0 aliphatic heterocycles. The summed E-state index contributed by atoms with van der Waals surface area (Å²) in [5.41, 5.74) is 1.44. The number of nitrogens with zero attached hydrogens (tertiary/aromatic N) is 4. The van der Waals surface area contributed by atoms with Crippen molar-refractivity contribution in [3.05, 3.63) is 51.5 Å². The molecule has 0 aliphatic carbocycles. The Labute approximate surface area is 227 Å². The van der Waals surface area contributed by atoms with E-state index in [0.717, 1.165) is 23.1 Å². The van der Waals surface area contributed by atoms with Crippen molar-refractivity contribution in [3.8, 4) is 5.75 Å². The molecular formula is C22H18ClFN6O4S3. The molecule has 0 atom stereocenters. The third kappa shape index (κ3) is 6.71. The second-order valence-electron chi connectivity index (χ2n) is 7.30. The fourth-order valence-corrected chi connectivity index (χ4v) is 5.39. The molecule has 4 rings (SSSR count). The van der Waals surface area contributed by atoms with Crippen LogP contribution in [0.25, 0.3) is 10.9 Å². The van der Waals surface area contributed by atoms with Gasteiger partial charge in [-0.05, 0) is 43.4 Å².